The van der Waals surface area contributed by atoms with Crippen molar-refractivity contribution < 1.29 is 9.59 Å². The van der Waals surface area contributed by atoms with Gasteiger partial charge in [0, 0.05) is 13.5 Å². The molecule has 1 aromatic rings. The molecule has 0 saturated carbocycles. The Labute approximate surface area is 99.6 Å². The summed E-state index contributed by atoms with van der Waals surface area (Å²) in [7, 11) is 0. The maximum atomic E-state index is 11.5. The molecule has 0 radical (unpaired) electrons. The van der Waals surface area contributed by atoms with E-state index in [1.54, 1.807) is 17.8 Å². The number of likely N-dealkylation sites (tertiary alicyclic amines) is 1. The maximum Gasteiger partial charge on any atom is 0.219 e. The molecule has 0 aromatic carbocycles. The number of nitrogens with zero attached hydrogens (tertiary/aromatic N) is 4. The Morgan fingerprint density at radius 3 is 3.06 bits per heavy atom. The Bertz CT molecular complexity index is 415. The zero-order chi connectivity index (χ0) is 12.3. The number of rotatable bonds is 3. The highest BCUT2D eigenvalue weighted by molar-refractivity contribution is 5.73. The average molecular weight is 236 g/mol. The van der Waals surface area contributed by atoms with Gasteiger partial charge in [0.1, 0.15) is 5.69 Å². The first kappa shape index (κ1) is 11.8. The van der Waals surface area contributed by atoms with Gasteiger partial charge in [0.05, 0.1) is 18.8 Å². The van der Waals surface area contributed by atoms with Gasteiger partial charge in [0.15, 0.2) is 6.29 Å². The zero-order valence-corrected chi connectivity index (χ0v) is 9.87. The Hall–Kier alpha value is -1.72. The van der Waals surface area contributed by atoms with E-state index in [0.29, 0.717) is 18.5 Å². The zero-order valence-electron chi connectivity index (χ0n) is 9.87. The molecule has 1 saturated heterocycles. The summed E-state index contributed by atoms with van der Waals surface area (Å²) in [6.07, 6.45) is 5.46. The average Bonchev–Trinajstić information content (AvgIpc) is 2.77. The first-order chi connectivity index (χ1) is 8.20. The molecule has 0 bridgehead atoms. The molecular formula is C11H16N4O2. The summed E-state index contributed by atoms with van der Waals surface area (Å²) in [6.45, 7) is 3.02. The standard InChI is InChI=1S/C11H16N4O2/c1-9(17)15-5-3-2-4-11(15)7-14-6-10(8-16)12-13-14/h6,8,11H,2-5,7H2,1H3. The lowest BCUT2D eigenvalue weighted by molar-refractivity contribution is -0.132. The fourth-order valence-corrected chi connectivity index (χ4v) is 2.28. The number of aldehydes is 1. The van der Waals surface area contributed by atoms with Gasteiger partial charge in [-0.3, -0.25) is 9.59 Å². The highest BCUT2D eigenvalue weighted by Gasteiger charge is 2.24. The van der Waals surface area contributed by atoms with E-state index in [0.717, 1.165) is 25.8 Å². The first-order valence-electron chi connectivity index (χ1n) is 5.83. The molecule has 1 fully saturated rings. The van der Waals surface area contributed by atoms with Gasteiger partial charge in [0.2, 0.25) is 5.91 Å². The van der Waals surface area contributed by atoms with Crippen LogP contribution in [-0.4, -0.2) is 44.7 Å². The number of hydrogen-bond acceptors (Lipinski definition) is 4. The van der Waals surface area contributed by atoms with Crippen LogP contribution in [0.15, 0.2) is 6.20 Å². The third-order valence-corrected chi connectivity index (χ3v) is 3.11. The number of piperidine rings is 1. The molecule has 6 nitrogen and oxygen atoms in total. The summed E-state index contributed by atoms with van der Waals surface area (Å²) in [5.74, 6) is 0.102. The quantitative estimate of drug-likeness (QED) is 0.716. The molecule has 1 aliphatic rings. The molecule has 6 heteroatoms. The van der Waals surface area contributed by atoms with E-state index < -0.39 is 0 Å². The number of aromatic nitrogens is 3. The molecule has 1 amide bonds. The second-order valence-corrected chi connectivity index (χ2v) is 4.35. The third-order valence-electron chi connectivity index (χ3n) is 3.11. The van der Waals surface area contributed by atoms with Crippen molar-refractivity contribution in [3.05, 3.63) is 11.9 Å². The van der Waals surface area contributed by atoms with Crippen LogP contribution in [0.4, 0.5) is 0 Å². The first-order valence-corrected chi connectivity index (χ1v) is 5.83. The van der Waals surface area contributed by atoms with Crippen LogP contribution in [0.25, 0.3) is 0 Å². The molecular weight excluding hydrogens is 220 g/mol. The fourth-order valence-electron chi connectivity index (χ4n) is 2.28. The van der Waals surface area contributed by atoms with E-state index in [1.807, 2.05) is 4.90 Å². The minimum Gasteiger partial charge on any atom is -0.338 e. The van der Waals surface area contributed by atoms with Gasteiger partial charge >= 0.3 is 0 Å². The molecule has 1 unspecified atom stereocenters. The molecule has 2 rings (SSSR count). The van der Waals surface area contributed by atoms with Gasteiger partial charge in [-0.05, 0) is 19.3 Å². The highest BCUT2D eigenvalue weighted by Crippen LogP contribution is 2.18. The monoisotopic (exact) mass is 236 g/mol. The minimum absolute atomic E-state index is 0.102. The van der Waals surface area contributed by atoms with Gasteiger partial charge in [0.25, 0.3) is 0 Å². The molecule has 1 atom stereocenters. The van der Waals surface area contributed by atoms with Crippen molar-refractivity contribution in [2.45, 2.75) is 38.8 Å². The van der Waals surface area contributed by atoms with E-state index >= 15 is 0 Å². The Morgan fingerprint density at radius 1 is 1.59 bits per heavy atom. The Morgan fingerprint density at radius 2 is 2.41 bits per heavy atom. The van der Waals surface area contributed by atoms with Crippen molar-refractivity contribution in [2.24, 2.45) is 0 Å². The van der Waals surface area contributed by atoms with Crippen molar-refractivity contribution in [3.8, 4) is 0 Å². The summed E-state index contributed by atoms with van der Waals surface area (Å²) < 4.78 is 1.63. The second-order valence-electron chi connectivity index (χ2n) is 4.35. The molecule has 0 aliphatic carbocycles. The molecule has 1 aromatic heterocycles. The molecule has 17 heavy (non-hydrogen) atoms. The lowest BCUT2D eigenvalue weighted by Gasteiger charge is -2.34. The smallest absolute Gasteiger partial charge is 0.219 e. The minimum atomic E-state index is 0.102. The summed E-state index contributed by atoms with van der Waals surface area (Å²) in [5, 5.41) is 7.58. The van der Waals surface area contributed by atoms with Crippen molar-refractivity contribution in [3.63, 3.8) is 0 Å². The predicted molar refractivity (Wildman–Crippen MR) is 60.4 cm³/mol. The van der Waals surface area contributed by atoms with Crippen LogP contribution in [0.1, 0.15) is 36.7 Å². The van der Waals surface area contributed by atoms with E-state index in [4.69, 9.17) is 0 Å². The van der Waals surface area contributed by atoms with Gasteiger partial charge in [-0.15, -0.1) is 5.10 Å². The van der Waals surface area contributed by atoms with E-state index in [9.17, 15) is 9.59 Å². The highest BCUT2D eigenvalue weighted by atomic mass is 16.2. The lowest BCUT2D eigenvalue weighted by atomic mass is 10.0. The topological polar surface area (TPSA) is 68.1 Å². The summed E-state index contributed by atoms with van der Waals surface area (Å²) in [6, 6.07) is 0.169. The van der Waals surface area contributed by atoms with Crippen molar-refractivity contribution in [2.75, 3.05) is 6.54 Å². The van der Waals surface area contributed by atoms with Gasteiger partial charge in [-0.2, -0.15) is 0 Å². The third kappa shape index (κ3) is 2.69. The number of hydrogen-bond donors (Lipinski definition) is 0. The van der Waals surface area contributed by atoms with Crippen LogP contribution in [-0.2, 0) is 11.3 Å². The van der Waals surface area contributed by atoms with E-state index in [1.165, 1.54) is 0 Å². The van der Waals surface area contributed by atoms with Crippen LogP contribution >= 0.6 is 0 Å². The Kier molecular flexibility index (Phi) is 3.51. The Balaban J connectivity index is 2.04. The van der Waals surface area contributed by atoms with Crippen LogP contribution < -0.4 is 0 Å². The van der Waals surface area contributed by atoms with Gasteiger partial charge in [-0.25, -0.2) is 4.68 Å². The lowest BCUT2D eigenvalue weighted by Crippen LogP contribution is -2.44. The SMILES string of the molecule is CC(=O)N1CCCCC1Cn1cc(C=O)nn1. The molecule has 0 N–H and O–H groups in total. The van der Waals surface area contributed by atoms with Crippen LogP contribution in [0.5, 0.6) is 0 Å². The fraction of sp³-hybridized carbons (Fsp3) is 0.636. The van der Waals surface area contributed by atoms with Gasteiger partial charge in [-0.1, -0.05) is 5.21 Å². The summed E-state index contributed by atoms with van der Waals surface area (Å²) >= 11 is 0. The van der Waals surface area contributed by atoms with Crippen LogP contribution in [0.3, 0.4) is 0 Å². The molecule has 2 heterocycles. The number of carbonyl (C=O) groups excluding carboxylic acids is 2. The van der Waals surface area contributed by atoms with Crippen molar-refractivity contribution >= 4 is 12.2 Å². The predicted octanol–water partition coefficient (Wildman–Crippen LogP) is 0.492. The number of amides is 1. The summed E-state index contributed by atoms with van der Waals surface area (Å²) in [4.78, 5) is 23.9. The largest absolute Gasteiger partial charge is 0.338 e. The second kappa shape index (κ2) is 5.07. The van der Waals surface area contributed by atoms with Crippen molar-refractivity contribution in [1.29, 1.82) is 0 Å². The summed E-state index contributed by atoms with van der Waals surface area (Å²) in [5.41, 5.74) is 0.329. The molecule has 0 spiro atoms. The molecule has 1 aliphatic heterocycles. The van der Waals surface area contributed by atoms with Crippen LogP contribution in [0.2, 0.25) is 0 Å². The normalized spacial score (nSPS) is 20.3. The van der Waals surface area contributed by atoms with Gasteiger partial charge < -0.3 is 4.90 Å². The molecule has 92 valence electrons. The number of carbonyl (C=O) groups is 2. The van der Waals surface area contributed by atoms with E-state index in [-0.39, 0.29) is 11.9 Å². The van der Waals surface area contributed by atoms with E-state index in [2.05, 4.69) is 10.3 Å². The van der Waals surface area contributed by atoms with Crippen molar-refractivity contribution in [1.82, 2.24) is 19.9 Å². The maximum absolute atomic E-state index is 11.5. The van der Waals surface area contributed by atoms with Crippen LogP contribution in [0, 0.1) is 0 Å².